The molecule has 8 nitrogen and oxygen atoms in total. The molecule has 0 aliphatic carbocycles. The van der Waals surface area contributed by atoms with Crippen LogP contribution < -0.4 is 5.32 Å². The minimum absolute atomic E-state index is 0.321. The quantitative estimate of drug-likeness (QED) is 0.602. The Bertz CT molecular complexity index is 954. The van der Waals surface area contributed by atoms with Crippen molar-refractivity contribution < 1.29 is 8.94 Å². The smallest absolute Gasteiger partial charge is 0.293 e. The molecular weight excluding hydrogens is 308 g/mol. The summed E-state index contributed by atoms with van der Waals surface area (Å²) in [4.78, 5) is 8.90. The minimum atomic E-state index is 0.321. The first-order valence-corrected chi connectivity index (χ1v) is 7.66. The van der Waals surface area contributed by atoms with E-state index >= 15 is 0 Å². The zero-order valence-corrected chi connectivity index (χ0v) is 13.3. The van der Waals surface area contributed by atoms with E-state index in [1.807, 2.05) is 12.1 Å². The van der Waals surface area contributed by atoms with E-state index in [1.165, 1.54) is 0 Å². The molecule has 0 aliphatic rings. The van der Waals surface area contributed by atoms with Crippen LogP contribution in [0.1, 0.15) is 31.3 Å². The molecule has 4 aromatic heterocycles. The summed E-state index contributed by atoms with van der Waals surface area (Å²) in [6.45, 7) is 4.61. The highest BCUT2D eigenvalue weighted by Gasteiger charge is 2.13. The molecule has 0 aromatic carbocycles. The van der Waals surface area contributed by atoms with E-state index in [1.54, 1.807) is 29.1 Å². The fraction of sp³-hybridized carbons (Fsp3) is 0.250. The summed E-state index contributed by atoms with van der Waals surface area (Å²) in [6.07, 6.45) is 3.29. The van der Waals surface area contributed by atoms with Crippen molar-refractivity contribution in [2.45, 2.75) is 26.3 Å². The Labute approximate surface area is 137 Å². The van der Waals surface area contributed by atoms with E-state index in [4.69, 9.17) is 8.94 Å². The van der Waals surface area contributed by atoms with E-state index in [0.29, 0.717) is 29.9 Å². The van der Waals surface area contributed by atoms with Crippen molar-refractivity contribution in [1.82, 2.24) is 24.7 Å². The van der Waals surface area contributed by atoms with Gasteiger partial charge < -0.3 is 14.3 Å². The van der Waals surface area contributed by atoms with Gasteiger partial charge in [-0.2, -0.15) is 14.6 Å². The molecule has 4 rings (SSSR count). The lowest BCUT2D eigenvalue weighted by molar-refractivity contribution is 0.410. The molecule has 0 aliphatic heterocycles. The number of aromatic nitrogens is 5. The van der Waals surface area contributed by atoms with Crippen molar-refractivity contribution in [3.05, 3.63) is 48.2 Å². The van der Waals surface area contributed by atoms with Crippen LogP contribution in [0.2, 0.25) is 0 Å². The Morgan fingerprint density at radius 3 is 2.96 bits per heavy atom. The van der Waals surface area contributed by atoms with E-state index in [2.05, 4.69) is 39.4 Å². The molecule has 1 N–H and O–H groups in total. The largest absolute Gasteiger partial charge is 0.459 e. The second-order valence-electron chi connectivity index (χ2n) is 5.67. The van der Waals surface area contributed by atoms with Crippen molar-refractivity contribution in [3.8, 4) is 11.7 Å². The monoisotopic (exact) mass is 324 g/mol. The van der Waals surface area contributed by atoms with Crippen LogP contribution in [0.15, 0.2) is 45.7 Å². The highest BCUT2D eigenvalue weighted by Crippen LogP contribution is 2.20. The Morgan fingerprint density at radius 2 is 2.17 bits per heavy atom. The minimum Gasteiger partial charge on any atom is -0.459 e. The molecule has 0 atom stereocenters. The molecule has 122 valence electrons. The first kappa shape index (κ1) is 14.4. The van der Waals surface area contributed by atoms with Crippen molar-refractivity contribution in [3.63, 3.8) is 0 Å². The Kier molecular flexibility index (Phi) is 3.49. The second-order valence-corrected chi connectivity index (χ2v) is 5.67. The number of hydrogen-bond donors (Lipinski definition) is 1. The third kappa shape index (κ3) is 2.62. The fourth-order valence-corrected chi connectivity index (χ4v) is 2.35. The molecule has 0 fully saturated rings. The summed E-state index contributed by atoms with van der Waals surface area (Å²) in [5, 5.41) is 11.5. The average Bonchev–Trinajstić information content (AvgIpc) is 3.31. The number of nitrogens with one attached hydrogen (secondary N) is 1. The number of rotatable bonds is 5. The number of hydrogen-bond acceptors (Lipinski definition) is 7. The van der Waals surface area contributed by atoms with Gasteiger partial charge in [0.05, 0.1) is 19.0 Å². The third-order valence-corrected chi connectivity index (χ3v) is 3.60. The maximum atomic E-state index is 5.25. The zero-order chi connectivity index (χ0) is 16.5. The summed E-state index contributed by atoms with van der Waals surface area (Å²) < 4.78 is 12.2. The molecule has 0 amide bonds. The Hall–Kier alpha value is -3.16. The van der Waals surface area contributed by atoms with E-state index < -0.39 is 0 Å². The summed E-state index contributed by atoms with van der Waals surface area (Å²) in [5.41, 5.74) is 1.79. The van der Waals surface area contributed by atoms with Gasteiger partial charge in [0.2, 0.25) is 0 Å². The van der Waals surface area contributed by atoms with E-state index in [9.17, 15) is 0 Å². The summed E-state index contributed by atoms with van der Waals surface area (Å²) in [5.74, 6) is 2.59. The second kappa shape index (κ2) is 5.80. The molecule has 0 saturated carbocycles. The summed E-state index contributed by atoms with van der Waals surface area (Å²) >= 11 is 0. The van der Waals surface area contributed by atoms with Crippen LogP contribution in [0.4, 0.5) is 5.82 Å². The first-order chi connectivity index (χ1) is 11.7. The van der Waals surface area contributed by atoms with Crippen LogP contribution in [0.25, 0.3) is 17.3 Å². The maximum Gasteiger partial charge on any atom is 0.293 e. The molecule has 0 bridgehead atoms. The summed E-state index contributed by atoms with van der Waals surface area (Å²) in [6, 6.07) is 7.41. The van der Waals surface area contributed by atoms with Crippen molar-refractivity contribution in [1.29, 1.82) is 0 Å². The number of nitrogens with zero attached hydrogens (tertiary/aromatic N) is 5. The predicted molar refractivity (Wildman–Crippen MR) is 86.4 cm³/mol. The number of anilines is 1. The van der Waals surface area contributed by atoms with E-state index in [0.717, 1.165) is 17.2 Å². The van der Waals surface area contributed by atoms with Crippen LogP contribution >= 0.6 is 0 Å². The van der Waals surface area contributed by atoms with Gasteiger partial charge in [0.25, 0.3) is 5.89 Å². The van der Waals surface area contributed by atoms with Gasteiger partial charge in [-0.1, -0.05) is 19.0 Å². The van der Waals surface area contributed by atoms with Crippen molar-refractivity contribution in [2.75, 3.05) is 5.32 Å². The lowest BCUT2D eigenvalue weighted by Gasteiger charge is -2.10. The van der Waals surface area contributed by atoms with Gasteiger partial charge in [-0.3, -0.25) is 0 Å². The zero-order valence-electron chi connectivity index (χ0n) is 13.3. The third-order valence-electron chi connectivity index (χ3n) is 3.60. The first-order valence-electron chi connectivity index (χ1n) is 7.66. The number of fused-ring (bicyclic) bond motifs is 1. The normalized spacial score (nSPS) is 11.5. The Balaban J connectivity index is 1.57. The standard InChI is InChI=1S/C16H16N6O2/c1-10(2)11-8-15(22-14(19-11)5-6-18-22)17-9-13-20-16(24-21-13)12-4-3-7-23-12/h3-8,10,17H,9H2,1-2H3. The predicted octanol–water partition coefficient (Wildman–Crippen LogP) is 3.11. The average molecular weight is 324 g/mol. The van der Waals surface area contributed by atoms with Crippen molar-refractivity contribution >= 4 is 11.5 Å². The summed E-state index contributed by atoms with van der Waals surface area (Å²) in [7, 11) is 0. The van der Waals surface area contributed by atoms with Gasteiger partial charge in [-0.15, -0.1) is 0 Å². The lowest BCUT2D eigenvalue weighted by Crippen LogP contribution is -2.09. The molecular formula is C16H16N6O2. The molecule has 0 radical (unpaired) electrons. The van der Waals surface area contributed by atoms with Crippen LogP contribution in [0, 0.1) is 0 Å². The SMILES string of the molecule is CC(C)c1cc(NCc2noc(-c3ccco3)n2)n2nccc2n1. The van der Waals surface area contributed by atoms with Gasteiger partial charge in [0, 0.05) is 17.8 Å². The molecule has 0 unspecified atom stereocenters. The maximum absolute atomic E-state index is 5.25. The van der Waals surface area contributed by atoms with Crippen molar-refractivity contribution in [2.24, 2.45) is 0 Å². The Morgan fingerprint density at radius 1 is 1.25 bits per heavy atom. The molecule has 8 heteroatoms. The lowest BCUT2D eigenvalue weighted by atomic mass is 10.1. The molecule has 24 heavy (non-hydrogen) atoms. The van der Waals surface area contributed by atoms with Gasteiger partial charge in [0.1, 0.15) is 5.82 Å². The van der Waals surface area contributed by atoms with Crippen LogP contribution in [0.5, 0.6) is 0 Å². The fourth-order valence-electron chi connectivity index (χ4n) is 2.35. The molecule has 0 spiro atoms. The highest BCUT2D eigenvalue weighted by atomic mass is 16.5. The highest BCUT2D eigenvalue weighted by molar-refractivity contribution is 5.49. The topological polar surface area (TPSA) is 94.3 Å². The van der Waals surface area contributed by atoms with Gasteiger partial charge in [0.15, 0.2) is 17.2 Å². The molecule has 4 aromatic rings. The number of furan rings is 1. The van der Waals surface area contributed by atoms with Crippen LogP contribution in [-0.4, -0.2) is 24.7 Å². The molecule has 0 saturated heterocycles. The van der Waals surface area contributed by atoms with Gasteiger partial charge in [-0.05, 0) is 18.1 Å². The van der Waals surface area contributed by atoms with Gasteiger partial charge in [-0.25, -0.2) is 4.98 Å². The molecule has 4 heterocycles. The van der Waals surface area contributed by atoms with Crippen LogP contribution in [-0.2, 0) is 6.54 Å². The van der Waals surface area contributed by atoms with E-state index in [-0.39, 0.29) is 0 Å². The van der Waals surface area contributed by atoms with Gasteiger partial charge >= 0.3 is 0 Å². The van der Waals surface area contributed by atoms with Crippen LogP contribution in [0.3, 0.4) is 0 Å².